The summed E-state index contributed by atoms with van der Waals surface area (Å²) in [5.41, 5.74) is 7.13. The Bertz CT molecular complexity index is 634. The molecule has 0 radical (unpaired) electrons. The van der Waals surface area contributed by atoms with Gasteiger partial charge in [0, 0.05) is 30.5 Å². The molecule has 0 spiro atoms. The Hall–Kier alpha value is -2.34. The van der Waals surface area contributed by atoms with Gasteiger partial charge in [-0.2, -0.15) is 5.10 Å². The van der Waals surface area contributed by atoms with Crippen molar-refractivity contribution in [3.63, 3.8) is 0 Å². The van der Waals surface area contributed by atoms with Crippen LogP contribution in [0.25, 0.3) is 5.69 Å². The van der Waals surface area contributed by atoms with Crippen LogP contribution in [0, 0.1) is 5.41 Å². The second kappa shape index (κ2) is 5.97. The maximum Gasteiger partial charge on any atom is 0.271 e. The van der Waals surface area contributed by atoms with Gasteiger partial charge in [0.2, 0.25) is 0 Å². The molecule has 0 bridgehead atoms. The minimum atomic E-state index is -0.355. The Labute approximate surface area is 123 Å². The van der Waals surface area contributed by atoms with Crippen molar-refractivity contribution in [2.45, 2.75) is 13.8 Å². The number of aliphatic hydroxyl groups excluding tert-OH is 1. The topological polar surface area (TPSA) is 93.2 Å². The van der Waals surface area contributed by atoms with Crippen LogP contribution in [-0.2, 0) is 0 Å². The molecule has 6 nitrogen and oxygen atoms in total. The van der Waals surface area contributed by atoms with Crippen LogP contribution in [0.1, 0.15) is 24.3 Å². The first-order valence-electron chi connectivity index (χ1n) is 6.72. The molecule has 1 amide bonds. The maximum atomic E-state index is 12.0. The molecule has 0 saturated heterocycles. The van der Waals surface area contributed by atoms with Crippen LogP contribution in [0.3, 0.4) is 0 Å². The molecule has 0 saturated carbocycles. The molecule has 0 atom stereocenters. The summed E-state index contributed by atoms with van der Waals surface area (Å²) in [6.07, 6.45) is 1.71. The monoisotopic (exact) mass is 288 g/mol. The lowest BCUT2D eigenvalue weighted by molar-refractivity contribution is 0.0905. The zero-order valence-electron chi connectivity index (χ0n) is 12.2. The number of aromatic nitrogens is 2. The number of hydrogen-bond acceptors (Lipinski definition) is 4. The quantitative estimate of drug-likeness (QED) is 0.721. The van der Waals surface area contributed by atoms with E-state index in [1.54, 1.807) is 29.1 Å². The van der Waals surface area contributed by atoms with E-state index in [0.717, 1.165) is 5.69 Å². The van der Waals surface area contributed by atoms with Crippen molar-refractivity contribution in [1.82, 2.24) is 15.1 Å². The van der Waals surface area contributed by atoms with E-state index in [-0.39, 0.29) is 17.9 Å². The highest BCUT2D eigenvalue weighted by molar-refractivity contribution is 5.92. The molecule has 21 heavy (non-hydrogen) atoms. The largest absolute Gasteiger partial charge is 0.399 e. The molecule has 0 aliphatic rings. The summed E-state index contributed by atoms with van der Waals surface area (Å²) in [5, 5.41) is 16.2. The van der Waals surface area contributed by atoms with E-state index in [0.29, 0.717) is 17.9 Å². The van der Waals surface area contributed by atoms with E-state index in [1.165, 1.54) is 0 Å². The van der Waals surface area contributed by atoms with Gasteiger partial charge >= 0.3 is 0 Å². The van der Waals surface area contributed by atoms with Crippen molar-refractivity contribution >= 4 is 11.6 Å². The van der Waals surface area contributed by atoms with E-state index in [2.05, 4.69) is 10.4 Å². The number of nitrogen functional groups attached to an aromatic ring is 1. The Kier molecular flexibility index (Phi) is 4.28. The second-order valence-corrected chi connectivity index (χ2v) is 5.75. The molecule has 2 aromatic rings. The lowest BCUT2D eigenvalue weighted by Crippen LogP contribution is -2.36. The second-order valence-electron chi connectivity index (χ2n) is 5.75. The number of benzene rings is 1. The van der Waals surface area contributed by atoms with Gasteiger partial charge in [-0.3, -0.25) is 4.79 Å². The highest BCUT2D eigenvalue weighted by Gasteiger charge is 2.19. The number of carbonyl (C=O) groups excluding carboxylic acids is 1. The van der Waals surface area contributed by atoms with Gasteiger partial charge in [0.15, 0.2) is 5.69 Å². The Morgan fingerprint density at radius 3 is 2.86 bits per heavy atom. The molecule has 4 N–H and O–H groups in total. The molecule has 2 rings (SSSR count). The third-order valence-electron chi connectivity index (χ3n) is 3.11. The average molecular weight is 288 g/mol. The number of rotatable bonds is 5. The minimum absolute atomic E-state index is 0.00497. The summed E-state index contributed by atoms with van der Waals surface area (Å²) >= 11 is 0. The zero-order chi connectivity index (χ0) is 15.5. The highest BCUT2D eigenvalue weighted by Crippen LogP contribution is 2.13. The molecule has 6 heteroatoms. The van der Waals surface area contributed by atoms with Gasteiger partial charge in [-0.05, 0) is 24.3 Å². The lowest BCUT2D eigenvalue weighted by Gasteiger charge is -2.21. The first kappa shape index (κ1) is 15.1. The molecule has 0 fully saturated rings. The van der Waals surface area contributed by atoms with Gasteiger partial charge in [-0.1, -0.05) is 19.9 Å². The van der Waals surface area contributed by atoms with Gasteiger partial charge in [0.1, 0.15) is 0 Å². The van der Waals surface area contributed by atoms with Crippen molar-refractivity contribution in [2.24, 2.45) is 5.41 Å². The maximum absolute atomic E-state index is 12.0. The molecular formula is C15H20N4O2. The van der Waals surface area contributed by atoms with E-state index >= 15 is 0 Å². The van der Waals surface area contributed by atoms with E-state index in [4.69, 9.17) is 5.73 Å². The van der Waals surface area contributed by atoms with Crippen molar-refractivity contribution in [2.75, 3.05) is 18.9 Å². The predicted octanol–water partition coefficient (Wildman–Crippen LogP) is 1.20. The van der Waals surface area contributed by atoms with Crippen molar-refractivity contribution in [3.8, 4) is 5.69 Å². The van der Waals surface area contributed by atoms with E-state index in [1.807, 2.05) is 26.0 Å². The van der Waals surface area contributed by atoms with Crippen LogP contribution in [0.2, 0.25) is 0 Å². The first-order chi connectivity index (χ1) is 9.91. The number of hydrogen-bond donors (Lipinski definition) is 3. The molecule has 0 unspecified atom stereocenters. The smallest absolute Gasteiger partial charge is 0.271 e. The van der Waals surface area contributed by atoms with Crippen LogP contribution in [0.4, 0.5) is 5.69 Å². The van der Waals surface area contributed by atoms with Crippen LogP contribution >= 0.6 is 0 Å². The van der Waals surface area contributed by atoms with Crippen LogP contribution < -0.4 is 11.1 Å². The number of amides is 1. The Morgan fingerprint density at radius 1 is 1.43 bits per heavy atom. The van der Waals surface area contributed by atoms with E-state index < -0.39 is 0 Å². The summed E-state index contributed by atoms with van der Waals surface area (Å²) < 4.78 is 1.60. The van der Waals surface area contributed by atoms with Gasteiger partial charge in [-0.15, -0.1) is 0 Å². The standard InChI is InChI=1S/C15H20N4O2/c1-15(2,10-20)9-17-14(21)13-6-7-19(18-13)12-5-3-4-11(16)8-12/h3-8,20H,9-10,16H2,1-2H3,(H,17,21). The SMILES string of the molecule is CC(C)(CO)CNC(=O)c1ccn(-c2cccc(N)c2)n1. The molecule has 1 heterocycles. The van der Waals surface area contributed by atoms with Gasteiger partial charge in [-0.25, -0.2) is 4.68 Å². The fourth-order valence-electron chi connectivity index (χ4n) is 1.72. The zero-order valence-corrected chi connectivity index (χ0v) is 12.2. The first-order valence-corrected chi connectivity index (χ1v) is 6.72. The highest BCUT2D eigenvalue weighted by atomic mass is 16.3. The van der Waals surface area contributed by atoms with Gasteiger partial charge in [0.05, 0.1) is 5.69 Å². The fraction of sp³-hybridized carbons (Fsp3) is 0.333. The minimum Gasteiger partial charge on any atom is -0.399 e. The summed E-state index contributed by atoms with van der Waals surface area (Å²) in [5.74, 6) is -0.265. The van der Waals surface area contributed by atoms with Crippen LogP contribution in [0.5, 0.6) is 0 Å². The summed E-state index contributed by atoms with van der Waals surface area (Å²) in [6, 6.07) is 8.90. The molecule has 112 valence electrons. The van der Waals surface area contributed by atoms with Crippen LogP contribution in [-0.4, -0.2) is 33.9 Å². The normalized spacial score (nSPS) is 11.4. The average Bonchev–Trinajstić information content (AvgIpc) is 2.95. The third kappa shape index (κ3) is 3.82. The van der Waals surface area contributed by atoms with Gasteiger partial charge < -0.3 is 16.2 Å². The fourth-order valence-corrected chi connectivity index (χ4v) is 1.72. The van der Waals surface area contributed by atoms with Crippen molar-refractivity contribution in [1.29, 1.82) is 0 Å². The van der Waals surface area contributed by atoms with E-state index in [9.17, 15) is 9.90 Å². The molecule has 0 aliphatic heterocycles. The number of nitrogens with one attached hydrogen (secondary N) is 1. The molecular weight excluding hydrogens is 268 g/mol. The molecule has 0 aliphatic carbocycles. The molecule has 1 aromatic heterocycles. The lowest BCUT2D eigenvalue weighted by atomic mass is 9.95. The Balaban J connectivity index is 2.08. The number of nitrogens with zero attached hydrogens (tertiary/aromatic N) is 2. The summed E-state index contributed by atoms with van der Waals surface area (Å²) in [6.45, 7) is 4.13. The van der Waals surface area contributed by atoms with Crippen LogP contribution in [0.15, 0.2) is 36.5 Å². The van der Waals surface area contributed by atoms with Gasteiger partial charge in [0.25, 0.3) is 5.91 Å². The van der Waals surface area contributed by atoms with Crippen molar-refractivity contribution < 1.29 is 9.90 Å². The third-order valence-corrected chi connectivity index (χ3v) is 3.11. The number of aliphatic hydroxyl groups is 1. The van der Waals surface area contributed by atoms with Crippen molar-refractivity contribution in [3.05, 3.63) is 42.2 Å². The number of carbonyl (C=O) groups is 1. The predicted molar refractivity (Wildman–Crippen MR) is 81.2 cm³/mol. The summed E-state index contributed by atoms with van der Waals surface area (Å²) in [4.78, 5) is 12.0. The Morgan fingerprint density at radius 2 is 2.19 bits per heavy atom. The summed E-state index contributed by atoms with van der Waals surface area (Å²) in [7, 11) is 0. The number of nitrogens with two attached hydrogens (primary N) is 1. The number of anilines is 1. The molecule has 1 aromatic carbocycles.